The normalized spacial score (nSPS) is 9.88. The zero-order chi connectivity index (χ0) is 12.8. The molecule has 0 bridgehead atoms. The van der Waals surface area contributed by atoms with Crippen molar-refractivity contribution in [1.82, 2.24) is 5.32 Å². The first-order valence-electron chi connectivity index (χ1n) is 5.26. The fraction of sp³-hybridized carbons (Fsp3) is 0.417. The highest BCUT2D eigenvalue weighted by atomic mass is 32.1. The number of nitrogens with one attached hydrogen (secondary N) is 1. The van der Waals surface area contributed by atoms with Crippen molar-refractivity contribution in [3.8, 4) is 11.5 Å². The number of hydrogen-bond acceptors (Lipinski definition) is 3. The van der Waals surface area contributed by atoms with E-state index >= 15 is 0 Å². The molecular weight excluding hydrogens is 238 g/mol. The minimum Gasteiger partial charge on any atom is -0.493 e. The van der Waals surface area contributed by atoms with Gasteiger partial charge >= 0.3 is 0 Å². The SMILES string of the molecule is COc1cc(C)c(CCNC(=O)S)cc1OC. The molecule has 0 spiro atoms. The summed E-state index contributed by atoms with van der Waals surface area (Å²) in [7, 11) is 3.21. The Morgan fingerprint density at radius 3 is 2.41 bits per heavy atom. The molecule has 1 amide bonds. The maximum atomic E-state index is 10.7. The van der Waals surface area contributed by atoms with E-state index < -0.39 is 0 Å². The van der Waals surface area contributed by atoms with Gasteiger partial charge in [-0.1, -0.05) is 12.6 Å². The quantitative estimate of drug-likeness (QED) is 0.793. The van der Waals surface area contributed by atoms with E-state index in [1.165, 1.54) is 0 Å². The summed E-state index contributed by atoms with van der Waals surface area (Å²) in [6.45, 7) is 2.55. The van der Waals surface area contributed by atoms with Crippen molar-refractivity contribution >= 4 is 17.9 Å². The van der Waals surface area contributed by atoms with Gasteiger partial charge in [-0.25, -0.2) is 0 Å². The van der Waals surface area contributed by atoms with Gasteiger partial charge in [0.15, 0.2) is 11.5 Å². The number of thiol groups is 1. The molecule has 0 atom stereocenters. The van der Waals surface area contributed by atoms with Gasteiger partial charge in [-0.2, -0.15) is 0 Å². The van der Waals surface area contributed by atoms with Crippen LogP contribution in [0.5, 0.6) is 11.5 Å². The number of aryl methyl sites for hydroxylation is 1. The van der Waals surface area contributed by atoms with Crippen LogP contribution in [-0.2, 0) is 6.42 Å². The summed E-state index contributed by atoms with van der Waals surface area (Å²) in [6.07, 6.45) is 0.735. The molecule has 0 saturated carbocycles. The number of carbonyl (C=O) groups is 1. The highest BCUT2D eigenvalue weighted by Crippen LogP contribution is 2.30. The molecule has 5 heteroatoms. The number of carbonyl (C=O) groups excluding carboxylic acids is 1. The molecule has 0 aromatic heterocycles. The summed E-state index contributed by atoms with van der Waals surface area (Å²) in [6, 6.07) is 3.86. The van der Waals surface area contributed by atoms with Crippen molar-refractivity contribution in [3.05, 3.63) is 23.3 Å². The lowest BCUT2D eigenvalue weighted by Gasteiger charge is -2.12. The molecule has 0 heterocycles. The van der Waals surface area contributed by atoms with Crippen molar-refractivity contribution in [2.75, 3.05) is 20.8 Å². The van der Waals surface area contributed by atoms with Gasteiger partial charge in [-0.05, 0) is 36.6 Å². The predicted octanol–water partition coefficient (Wildman–Crippen LogP) is 2.19. The average molecular weight is 255 g/mol. The van der Waals surface area contributed by atoms with Crippen molar-refractivity contribution in [2.45, 2.75) is 13.3 Å². The second kappa shape index (κ2) is 6.39. The van der Waals surface area contributed by atoms with Gasteiger partial charge in [-0.3, -0.25) is 4.79 Å². The molecule has 94 valence electrons. The van der Waals surface area contributed by atoms with Crippen molar-refractivity contribution in [2.24, 2.45) is 0 Å². The average Bonchev–Trinajstić information content (AvgIpc) is 2.30. The van der Waals surface area contributed by atoms with Gasteiger partial charge in [0.25, 0.3) is 5.24 Å². The first kappa shape index (κ1) is 13.7. The fourth-order valence-electron chi connectivity index (χ4n) is 1.60. The third kappa shape index (κ3) is 3.85. The van der Waals surface area contributed by atoms with Gasteiger partial charge in [0, 0.05) is 6.54 Å². The molecule has 17 heavy (non-hydrogen) atoms. The highest BCUT2D eigenvalue weighted by molar-refractivity contribution is 7.96. The van der Waals surface area contributed by atoms with Crippen LogP contribution in [0.15, 0.2) is 12.1 Å². The number of ether oxygens (including phenoxy) is 2. The van der Waals surface area contributed by atoms with E-state index in [2.05, 4.69) is 17.9 Å². The molecule has 0 aliphatic rings. The van der Waals surface area contributed by atoms with Crippen LogP contribution in [0.1, 0.15) is 11.1 Å². The standard InChI is InChI=1S/C12H17NO3S/c1-8-6-10(15-2)11(16-3)7-9(8)4-5-13-12(14)17/h6-7H,4-5H2,1-3H3,(H2,13,14,17). The Kier molecular flexibility index (Phi) is 5.15. The molecule has 0 aliphatic carbocycles. The van der Waals surface area contributed by atoms with E-state index in [0.29, 0.717) is 18.0 Å². The third-order valence-corrected chi connectivity index (χ3v) is 2.67. The molecule has 1 aromatic carbocycles. The summed E-state index contributed by atoms with van der Waals surface area (Å²) in [4.78, 5) is 10.7. The van der Waals surface area contributed by atoms with Crippen LogP contribution in [0.25, 0.3) is 0 Å². The minimum absolute atomic E-state index is 0.317. The van der Waals surface area contributed by atoms with E-state index in [1.54, 1.807) is 14.2 Å². The molecule has 1 rings (SSSR count). The molecule has 0 radical (unpaired) electrons. The Hall–Kier alpha value is -1.36. The molecule has 0 saturated heterocycles. The summed E-state index contributed by atoms with van der Waals surface area (Å²) >= 11 is 3.65. The molecule has 0 aliphatic heterocycles. The first-order chi connectivity index (χ1) is 8.08. The predicted molar refractivity (Wildman–Crippen MR) is 70.4 cm³/mol. The molecule has 4 nitrogen and oxygen atoms in total. The van der Waals surface area contributed by atoms with Gasteiger partial charge < -0.3 is 14.8 Å². The second-order valence-corrected chi connectivity index (χ2v) is 4.02. The number of hydrogen-bond donors (Lipinski definition) is 2. The Morgan fingerprint density at radius 1 is 1.29 bits per heavy atom. The van der Waals surface area contributed by atoms with Gasteiger partial charge in [0.2, 0.25) is 0 Å². The van der Waals surface area contributed by atoms with Gasteiger partial charge in [0.05, 0.1) is 14.2 Å². The first-order valence-corrected chi connectivity index (χ1v) is 5.71. The molecule has 0 unspecified atom stereocenters. The minimum atomic E-state index is -0.317. The van der Waals surface area contributed by atoms with E-state index in [1.807, 2.05) is 19.1 Å². The maximum Gasteiger partial charge on any atom is 0.275 e. The van der Waals surface area contributed by atoms with Crippen LogP contribution in [-0.4, -0.2) is 26.0 Å². The van der Waals surface area contributed by atoms with E-state index in [4.69, 9.17) is 9.47 Å². The zero-order valence-corrected chi connectivity index (χ0v) is 11.1. The summed E-state index contributed by atoms with van der Waals surface area (Å²) < 4.78 is 10.4. The zero-order valence-electron chi connectivity index (χ0n) is 10.2. The molecule has 1 aromatic rings. The van der Waals surface area contributed by atoms with Crippen LogP contribution >= 0.6 is 12.6 Å². The van der Waals surface area contributed by atoms with Crippen LogP contribution in [0.2, 0.25) is 0 Å². The van der Waals surface area contributed by atoms with Crippen LogP contribution in [0.4, 0.5) is 4.79 Å². The Labute approximate surface area is 107 Å². The molecule has 1 N–H and O–H groups in total. The second-order valence-electron chi connectivity index (χ2n) is 3.62. The molecule has 0 fully saturated rings. The fourth-order valence-corrected chi connectivity index (χ4v) is 1.71. The van der Waals surface area contributed by atoms with Crippen LogP contribution in [0, 0.1) is 6.92 Å². The van der Waals surface area contributed by atoms with E-state index in [9.17, 15) is 4.79 Å². The summed E-state index contributed by atoms with van der Waals surface area (Å²) in [5, 5.41) is 2.32. The number of benzene rings is 1. The van der Waals surface area contributed by atoms with Gasteiger partial charge in [-0.15, -0.1) is 0 Å². The lowest BCUT2D eigenvalue weighted by Crippen LogP contribution is -2.19. The van der Waals surface area contributed by atoms with Crippen molar-refractivity contribution in [3.63, 3.8) is 0 Å². The maximum absolute atomic E-state index is 10.7. The third-order valence-electron chi connectivity index (χ3n) is 2.51. The van der Waals surface area contributed by atoms with Crippen LogP contribution in [0.3, 0.4) is 0 Å². The monoisotopic (exact) mass is 255 g/mol. The number of amides is 1. The Morgan fingerprint density at radius 2 is 1.88 bits per heavy atom. The number of methoxy groups -OCH3 is 2. The smallest absolute Gasteiger partial charge is 0.275 e. The van der Waals surface area contributed by atoms with Crippen LogP contribution < -0.4 is 14.8 Å². The Balaban J connectivity index is 2.81. The lowest BCUT2D eigenvalue weighted by molar-refractivity contribution is 0.261. The van der Waals surface area contributed by atoms with Crippen molar-refractivity contribution < 1.29 is 14.3 Å². The van der Waals surface area contributed by atoms with Gasteiger partial charge in [0.1, 0.15) is 0 Å². The largest absolute Gasteiger partial charge is 0.493 e. The van der Waals surface area contributed by atoms with Crippen molar-refractivity contribution in [1.29, 1.82) is 0 Å². The summed E-state index contributed by atoms with van der Waals surface area (Å²) in [5.74, 6) is 1.41. The molecular formula is C12H17NO3S. The lowest BCUT2D eigenvalue weighted by atomic mass is 10.0. The Bertz CT molecular complexity index is 407. The van der Waals surface area contributed by atoms with E-state index in [0.717, 1.165) is 17.5 Å². The topological polar surface area (TPSA) is 47.6 Å². The number of rotatable bonds is 5. The summed E-state index contributed by atoms with van der Waals surface area (Å²) in [5.41, 5.74) is 2.22. The van der Waals surface area contributed by atoms with E-state index in [-0.39, 0.29) is 5.24 Å². The highest BCUT2D eigenvalue weighted by Gasteiger charge is 2.08.